The molecule has 0 saturated carbocycles. The van der Waals surface area contributed by atoms with Crippen molar-refractivity contribution < 1.29 is 22.9 Å². The Morgan fingerprint density at radius 3 is 2.42 bits per heavy atom. The lowest BCUT2D eigenvalue weighted by molar-refractivity contribution is -0.118. The normalized spacial score (nSPS) is 11.8. The SMILES string of the molecule is CCc1ccc(-c2nc(C[S@@](=O)CC(=O)NCCc3ccc(OC)c(OC)c3)c(C)o2)cc1. The first-order valence-corrected chi connectivity index (χ1v) is 12.3. The molecule has 0 spiro atoms. The molecule has 0 aliphatic carbocycles. The summed E-state index contributed by atoms with van der Waals surface area (Å²) in [5.74, 6) is 2.25. The number of hydrogen-bond acceptors (Lipinski definition) is 6. The van der Waals surface area contributed by atoms with Gasteiger partial charge >= 0.3 is 0 Å². The number of rotatable bonds is 11. The molecule has 176 valence electrons. The van der Waals surface area contributed by atoms with Crippen LogP contribution in [0.15, 0.2) is 46.9 Å². The van der Waals surface area contributed by atoms with Gasteiger partial charge in [0.05, 0.1) is 25.7 Å². The van der Waals surface area contributed by atoms with Crippen molar-refractivity contribution in [2.45, 2.75) is 32.4 Å². The van der Waals surface area contributed by atoms with Crippen molar-refractivity contribution in [2.24, 2.45) is 0 Å². The fourth-order valence-electron chi connectivity index (χ4n) is 3.35. The highest BCUT2D eigenvalue weighted by molar-refractivity contribution is 7.84. The summed E-state index contributed by atoms with van der Waals surface area (Å²) in [4.78, 5) is 16.7. The Labute approximate surface area is 197 Å². The molecule has 33 heavy (non-hydrogen) atoms. The number of amides is 1. The quantitative estimate of drug-likeness (QED) is 0.458. The van der Waals surface area contributed by atoms with Crippen LogP contribution in [0.5, 0.6) is 11.5 Å². The number of aromatic nitrogens is 1. The van der Waals surface area contributed by atoms with Crippen LogP contribution in [0, 0.1) is 6.92 Å². The molecule has 2 aromatic carbocycles. The molecule has 1 N–H and O–H groups in total. The molecule has 0 fully saturated rings. The smallest absolute Gasteiger partial charge is 0.232 e. The van der Waals surface area contributed by atoms with Gasteiger partial charge in [-0.15, -0.1) is 0 Å². The van der Waals surface area contributed by atoms with Crippen LogP contribution in [0.4, 0.5) is 0 Å². The lowest BCUT2D eigenvalue weighted by Crippen LogP contribution is -2.30. The summed E-state index contributed by atoms with van der Waals surface area (Å²) < 4.78 is 28.8. The molecule has 1 atom stereocenters. The first-order valence-electron chi connectivity index (χ1n) is 10.8. The lowest BCUT2D eigenvalue weighted by atomic mass is 10.1. The highest BCUT2D eigenvalue weighted by Crippen LogP contribution is 2.27. The summed E-state index contributed by atoms with van der Waals surface area (Å²) in [6.45, 7) is 4.34. The molecule has 3 aromatic rings. The predicted molar refractivity (Wildman–Crippen MR) is 129 cm³/mol. The Kier molecular flexibility index (Phi) is 8.65. The van der Waals surface area contributed by atoms with Gasteiger partial charge in [-0.25, -0.2) is 4.98 Å². The largest absolute Gasteiger partial charge is 0.493 e. The highest BCUT2D eigenvalue weighted by Gasteiger charge is 2.16. The van der Waals surface area contributed by atoms with E-state index >= 15 is 0 Å². The number of carbonyl (C=O) groups is 1. The standard InChI is InChI=1S/C25H30N2O5S/c1-5-18-6-9-20(10-7-18)25-27-21(17(2)32-25)15-33(29)16-24(28)26-13-12-19-8-11-22(30-3)23(14-19)31-4/h6-11,14H,5,12-13,15-16H2,1-4H3,(H,26,28)/t33-/m1/s1. The zero-order valence-corrected chi connectivity index (χ0v) is 20.3. The Morgan fingerprint density at radius 1 is 1.06 bits per heavy atom. The number of ether oxygens (including phenoxy) is 2. The molecular formula is C25H30N2O5S. The van der Waals surface area contributed by atoms with Crippen molar-refractivity contribution in [3.05, 3.63) is 65.0 Å². The number of hydrogen-bond donors (Lipinski definition) is 1. The Morgan fingerprint density at radius 2 is 1.76 bits per heavy atom. The van der Waals surface area contributed by atoms with Crippen LogP contribution in [0.3, 0.4) is 0 Å². The number of benzene rings is 2. The molecule has 1 aromatic heterocycles. The Hall–Kier alpha value is -3.13. The predicted octanol–water partition coefficient (Wildman–Crippen LogP) is 3.84. The number of oxazole rings is 1. The van der Waals surface area contributed by atoms with Crippen LogP contribution in [0.25, 0.3) is 11.5 Å². The minimum atomic E-state index is -1.39. The van der Waals surface area contributed by atoms with Gasteiger partial charge < -0.3 is 19.2 Å². The third-order valence-corrected chi connectivity index (χ3v) is 6.45. The first kappa shape index (κ1) is 24.5. The number of nitrogens with zero attached hydrogens (tertiary/aromatic N) is 1. The first-order chi connectivity index (χ1) is 15.9. The zero-order valence-electron chi connectivity index (χ0n) is 19.5. The summed E-state index contributed by atoms with van der Waals surface area (Å²) >= 11 is 0. The van der Waals surface area contributed by atoms with Gasteiger partial charge in [0.2, 0.25) is 11.8 Å². The molecular weight excluding hydrogens is 440 g/mol. The number of methoxy groups -OCH3 is 2. The van der Waals surface area contributed by atoms with Crippen molar-refractivity contribution in [2.75, 3.05) is 26.5 Å². The maximum absolute atomic E-state index is 12.5. The minimum Gasteiger partial charge on any atom is -0.493 e. The van der Waals surface area contributed by atoms with Crippen LogP contribution < -0.4 is 14.8 Å². The monoisotopic (exact) mass is 470 g/mol. The average molecular weight is 471 g/mol. The van der Waals surface area contributed by atoms with Gasteiger partial charge in [0.15, 0.2) is 11.5 Å². The average Bonchev–Trinajstić information content (AvgIpc) is 3.18. The third kappa shape index (κ3) is 6.68. The highest BCUT2D eigenvalue weighted by atomic mass is 32.2. The summed E-state index contributed by atoms with van der Waals surface area (Å²) in [7, 11) is 1.78. The second-order valence-corrected chi connectivity index (χ2v) is 9.05. The molecule has 0 saturated heterocycles. The van der Waals surface area contributed by atoms with E-state index in [0.29, 0.717) is 41.8 Å². The zero-order chi connectivity index (χ0) is 23.8. The van der Waals surface area contributed by atoms with E-state index < -0.39 is 10.8 Å². The van der Waals surface area contributed by atoms with Crippen molar-refractivity contribution in [3.63, 3.8) is 0 Å². The summed E-state index contributed by atoms with van der Waals surface area (Å²) in [6.07, 6.45) is 1.59. The Balaban J connectivity index is 1.49. The van der Waals surface area contributed by atoms with Gasteiger partial charge in [0, 0.05) is 22.9 Å². The van der Waals surface area contributed by atoms with Crippen molar-refractivity contribution in [1.29, 1.82) is 0 Å². The Bertz CT molecular complexity index is 1110. The minimum absolute atomic E-state index is 0.0846. The van der Waals surface area contributed by atoms with Gasteiger partial charge in [-0.05, 0) is 55.2 Å². The number of nitrogens with one attached hydrogen (secondary N) is 1. The van der Waals surface area contributed by atoms with Crippen molar-refractivity contribution in [3.8, 4) is 23.0 Å². The van der Waals surface area contributed by atoms with E-state index in [9.17, 15) is 9.00 Å². The van der Waals surface area contributed by atoms with Crippen LogP contribution in [-0.2, 0) is 34.2 Å². The number of carbonyl (C=O) groups excluding carboxylic acids is 1. The second-order valence-electron chi connectivity index (χ2n) is 7.59. The van der Waals surface area contributed by atoms with Crippen molar-refractivity contribution in [1.82, 2.24) is 10.3 Å². The third-order valence-electron chi connectivity index (χ3n) is 5.28. The van der Waals surface area contributed by atoms with Crippen molar-refractivity contribution >= 4 is 16.7 Å². The van der Waals surface area contributed by atoms with E-state index in [1.54, 1.807) is 21.1 Å². The van der Waals surface area contributed by atoms with E-state index in [0.717, 1.165) is 17.5 Å². The summed E-state index contributed by atoms with van der Waals surface area (Å²) in [5, 5.41) is 2.82. The van der Waals surface area contributed by atoms with E-state index in [2.05, 4.69) is 17.2 Å². The van der Waals surface area contributed by atoms with E-state index in [-0.39, 0.29) is 17.4 Å². The van der Waals surface area contributed by atoms with Crippen LogP contribution in [0.1, 0.15) is 29.5 Å². The molecule has 0 aliphatic rings. The molecule has 1 amide bonds. The van der Waals surface area contributed by atoms with Gasteiger partial charge in [0.25, 0.3) is 0 Å². The van der Waals surface area contributed by atoms with Crippen LogP contribution in [0.2, 0.25) is 0 Å². The lowest BCUT2D eigenvalue weighted by Gasteiger charge is -2.10. The van der Waals surface area contributed by atoms with Gasteiger partial charge in [-0.1, -0.05) is 25.1 Å². The van der Waals surface area contributed by atoms with Gasteiger partial charge in [-0.2, -0.15) is 0 Å². The summed E-state index contributed by atoms with van der Waals surface area (Å²) in [6, 6.07) is 13.7. The fourth-order valence-corrected chi connectivity index (χ4v) is 4.42. The maximum atomic E-state index is 12.5. The van der Waals surface area contributed by atoms with Crippen LogP contribution in [-0.4, -0.2) is 41.6 Å². The fraction of sp³-hybridized carbons (Fsp3) is 0.360. The maximum Gasteiger partial charge on any atom is 0.232 e. The molecule has 3 rings (SSSR count). The second kappa shape index (κ2) is 11.7. The molecule has 0 radical (unpaired) electrons. The molecule has 0 unspecified atom stereocenters. The topological polar surface area (TPSA) is 90.7 Å². The van der Waals surface area contributed by atoms with E-state index in [1.807, 2.05) is 42.5 Å². The molecule has 7 nitrogen and oxygen atoms in total. The van der Waals surface area contributed by atoms with Gasteiger partial charge in [-0.3, -0.25) is 9.00 Å². The number of aryl methyl sites for hydroxylation is 2. The van der Waals surface area contributed by atoms with Crippen LogP contribution >= 0.6 is 0 Å². The molecule has 0 aliphatic heterocycles. The molecule has 0 bridgehead atoms. The van der Waals surface area contributed by atoms with Gasteiger partial charge in [0.1, 0.15) is 11.5 Å². The van der Waals surface area contributed by atoms with E-state index in [1.165, 1.54) is 5.56 Å². The summed E-state index contributed by atoms with van der Waals surface area (Å²) in [5.41, 5.74) is 3.73. The molecule has 8 heteroatoms. The molecule has 1 heterocycles. The van der Waals surface area contributed by atoms with E-state index in [4.69, 9.17) is 13.9 Å².